The van der Waals surface area contributed by atoms with E-state index in [2.05, 4.69) is 33.5 Å². The van der Waals surface area contributed by atoms with Crippen LogP contribution in [0.2, 0.25) is 0 Å². The van der Waals surface area contributed by atoms with Crippen LogP contribution in [-0.2, 0) is 4.74 Å². The van der Waals surface area contributed by atoms with Crippen molar-refractivity contribution in [1.82, 2.24) is 15.5 Å². The minimum absolute atomic E-state index is 0. The Bertz CT molecular complexity index is 368. The molecule has 0 saturated carbocycles. The molecule has 23 heavy (non-hydrogen) atoms. The summed E-state index contributed by atoms with van der Waals surface area (Å²) in [6.07, 6.45) is 8.85. The lowest BCUT2D eigenvalue weighted by Crippen LogP contribution is -2.40. The van der Waals surface area contributed by atoms with Gasteiger partial charge in [0.2, 0.25) is 0 Å². The van der Waals surface area contributed by atoms with Gasteiger partial charge >= 0.3 is 0 Å². The lowest BCUT2D eigenvalue weighted by molar-refractivity contribution is 0.0394. The van der Waals surface area contributed by atoms with Gasteiger partial charge in [-0.15, -0.1) is 24.0 Å². The van der Waals surface area contributed by atoms with Crippen LogP contribution >= 0.6 is 24.0 Å². The molecule has 0 amide bonds. The summed E-state index contributed by atoms with van der Waals surface area (Å²) in [5, 5.41) is 6.79. The Kier molecular flexibility index (Phi) is 11.7. The van der Waals surface area contributed by atoms with E-state index in [1.165, 1.54) is 25.7 Å². The highest BCUT2D eigenvalue weighted by Crippen LogP contribution is 2.19. The van der Waals surface area contributed by atoms with Crippen LogP contribution in [0.4, 0.5) is 0 Å². The summed E-state index contributed by atoms with van der Waals surface area (Å²) in [4.78, 5) is 7.10. The molecule has 0 bridgehead atoms. The van der Waals surface area contributed by atoms with E-state index in [1.54, 1.807) is 5.57 Å². The van der Waals surface area contributed by atoms with Gasteiger partial charge in [0, 0.05) is 32.7 Å². The number of aliphatic imine (C=N–C) groups is 1. The second-order valence-electron chi connectivity index (χ2n) is 6.00. The molecule has 0 aromatic rings. The standard InChI is InChI=1S/C17H32N4O.HI/c1-2-18-17(19-9-8-16-6-4-3-5-7-16)20-10-11-21-12-14-22-15-13-21;/h6H,2-5,7-15H2,1H3,(H2,18,19,20);1H. The number of hydrogen-bond acceptors (Lipinski definition) is 3. The maximum absolute atomic E-state index is 5.37. The van der Waals surface area contributed by atoms with Gasteiger partial charge in [0.25, 0.3) is 0 Å². The van der Waals surface area contributed by atoms with Gasteiger partial charge in [0.05, 0.1) is 19.8 Å². The molecule has 134 valence electrons. The molecule has 1 saturated heterocycles. The molecule has 5 nitrogen and oxygen atoms in total. The molecular weight excluding hydrogens is 403 g/mol. The van der Waals surface area contributed by atoms with E-state index in [9.17, 15) is 0 Å². The molecule has 0 aromatic heterocycles. The van der Waals surface area contributed by atoms with Crippen molar-refractivity contribution < 1.29 is 4.74 Å². The zero-order valence-corrected chi connectivity index (χ0v) is 16.8. The first-order valence-electron chi connectivity index (χ1n) is 8.88. The van der Waals surface area contributed by atoms with Crippen LogP contribution in [0.3, 0.4) is 0 Å². The Morgan fingerprint density at radius 2 is 2.09 bits per heavy atom. The quantitative estimate of drug-likeness (QED) is 0.279. The van der Waals surface area contributed by atoms with Crippen LogP contribution in [0.25, 0.3) is 0 Å². The molecule has 1 aliphatic heterocycles. The lowest BCUT2D eigenvalue weighted by Gasteiger charge is -2.25. The van der Waals surface area contributed by atoms with Crippen molar-refractivity contribution in [2.45, 2.75) is 39.0 Å². The third kappa shape index (κ3) is 8.91. The summed E-state index contributed by atoms with van der Waals surface area (Å²) < 4.78 is 5.37. The van der Waals surface area contributed by atoms with Gasteiger partial charge in [0.15, 0.2) is 5.96 Å². The summed E-state index contributed by atoms with van der Waals surface area (Å²) in [5.41, 5.74) is 1.61. The number of ether oxygens (including phenoxy) is 1. The number of halogens is 1. The largest absolute Gasteiger partial charge is 0.379 e. The highest BCUT2D eigenvalue weighted by molar-refractivity contribution is 14.0. The number of nitrogens with zero attached hydrogens (tertiary/aromatic N) is 2. The Balaban J connectivity index is 0.00000264. The Hall–Kier alpha value is -0.340. The zero-order valence-electron chi connectivity index (χ0n) is 14.5. The van der Waals surface area contributed by atoms with E-state index in [1.807, 2.05) is 0 Å². The summed E-state index contributed by atoms with van der Waals surface area (Å²) in [5.74, 6) is 0.951. The molecule has 0 unspecified atom stereocenters. The minimum Gasteiger partial charge on any atom is -0.379 e. The predicted molar refractivity (Wildman–Crippen MR) is 108 cm³/mol. The van der Waals surface area contributed by atoms with Crippen molar-refractivity contribution in [2.75, 3.05) is 52.5 Å². The molecule has 2 aliphatic rings. The number of rotatable bonds is 7. The average molecular weight is 436 g/mol. The van der Waals surface area contributed by atoms with Gasteiger partial charge < -0.3 is 15.4 Å². The Morgan fingerprint density at radius 1 is 1.26 bits per heavy atom. The topological polar surface area (TPSA) is 48.9 Å². The van der Waals surface area contributed by atoms with Crippen molar-refractivity contribution in [2.24, 2.45) is 4.99 Å². The highest BCUT2D eigenvalue weighted by Gasteiger charge is 2.09. The number of guanidine groups is 1. The van der Waals surface area contributed by atoms with Crippen LogP contribution in [0.15, 0.2) is 16.6 Å². The second-order valence-corrected chi connectivity index (χ2v) is 6.00. The molecule has 1 fully saturated rings. The van der Waals surface area contributed by atoms with Crippen molar-refractivity contribution >= 4 is 29.9 Å². The summed E-state index contributed by atoms with van der Waals surface area (Å²) in [6.45, 7) is 9.66. The molecule has 1 heterocycles. The van der Waals surface area contributed by atoms with Crippen LogP contribution in [0.5, 0.6) is 0 Å². The van der Waals surface area contributed by atoms with Gasteiger partial charge in [-0.2, -0.15) is 0 Å². The molecule has 2 N–H and O–H groups in total. The second kappa shape index (κ2) is 13.0. The molecule has 0 radical (unpaired) electrons. The highest BCUT2D eigenvalue weighted by atomic mass is 127. The molecule has 1 aliphatic carbocycles. The third-order valence-corrected chi connectivity index (χ3v) is 4.26. The van der Waals surface area contributed by atoms with Crippen LogP contribution < -0.4 is 10.6 Å². The summed E-state index contributed by atoms with van der Waals surface area (Å²) in [7, 11) is 0. The van der Waals surface area contributed by atoms with Gasteiger partial charge in [0.1, 0.15) is 0 Å². The van der Waals surface area contributed by atoms with Gasteiger partial charge in [-0.05, 0) is 39.0 Å². The van der Waals surface area contributed by atoms with Crippen molar-refractivity contribution in [3.8, 4) is 0 Å². The molecule has 6 heteroatoms. The van der Waals surface area contributed by atoms with E-state index >= 15 is 0 Å². The van der Waals surface area contributed by atoms with Gasteiger partial charge in [-0.3, -0.25) is 9.89 Å². The maximum Gasteiger partial charge on any atom is 0.191 e. The van der Waals surface area contributed by atoms with Crippen LogP contribution in [-0.4, -0.2) is 63.3 Å². The fourth-order valence-corrected chi connectivity index (χ4v) is 2.94. The average Bonchev–Trinajstić information content (AvgIpc) is 2.57. The van der Waals surface area contributed by atoms with Crippen LogP contribution in [0.1, 0.15) is 39.0 Å². The van der Waals surface area contributed by atoms with E-state index in [-0.39, 0.29) is 24.0 Å². The Morgan fingerprint density at radius 3 is 2.78 bits per heavy atom. The van der Waals surface area contributed by atoms with Gasteiger partial charge in [-0.25, -0.2) is 0 Å². The van der Waals surface area contributed by atoms with Crippen LogP contribution in [0, 0.1) is 0 Å². The van der Waals surface area contributed by atoms with Crippen molar-refractivity contribution in [3.63, 3.8) is 0 Å². The molecular formula is C17H33IN4O. The fourth-order valence-electron chi connectivity index (χ4n) is 2.94. The number of morpholine rings is 1. The van der Waals surface area contributed by atoms with E-state index < -0.39 is 0 Å². The Labute approximate surface area is 158 Å². The fraction of sp³-hybridized carbons (Fsp3) is 0.824. The number of nitrogens with one attached hydrogen (secondary N) is 2. The molecule has 2 rings (SSSR count). The van der Waals surface area contributed by atoms with E-state index in [0.29, 0.717) is 0 Å². The first kappa shape index (κ1) is 20.7. The molecule has 0 spiro atoms. The minimum atomic E-state index is 0. The SMILES string of the molecule is CCNC(=NCCN1CCOCC1)NCCC1=CCCCC1.I. The monoisotopic (exact) mass is 436 g/mol. The molecule has 0 aromatic carbocycles. The van der Waals surface area contributed by atoms with E-state index in [4.69, 9.17) is 4.74 Å². The number of hydrogen-bond donors (Lipinski definition) is 2. The van der Waals surface area contributed by atoms with Crippen molar-refractivity contribution in [1.29, 1.82) is 0 Å². The first-order valence-corrected chi connectivity index (χ1v) is 8.88. The maximum atomic E-state index is 5.37. The lowest BCUT2D eigenvalue weighted by atomic mass is 9.97. The zero-order chi connectivity index (χ0) is 15.5. The molecule has 0 atom stereocenters. The number of allylic oxidation sites excluding steroid dienone is 1. The third-order valence-electron chi connectivity index (χ3n) is 4.26. The summed E-state index contributed by atoms with van der Waals surface area (Å²) >= 11 is 0. The van der Waals surface area contributed by atoms with Crippen molar-refractivity contribution in [3.05, 3.63) is 11.6 Å². The first-order chi connectivity index (χ1) is 10.9. The smallest absolute Gasteiger partial charge is 0.191 e. The van der Waals surface area contributed by atoms with Gasteiger partial charge in [-0.1, -0.05) is 11.6 Å². The summed E-state index contributed by atoms with van der Waals surface area (Å²) in [6, 6.07) is 0. The predicted octanol–water partition coefficient (Wildman–Crippen LogP) is 2.38. The normalized spacial score (nSPS) is 19.7. The van der Waals surface area contributed by atoms with E-state index in [0.717, 1.165) is 64.9 Å².